The fourth-order valence-electron chi connectivity index (χ4n) is 1.71. The molecule has 19 heavy (non-hydrogen) atoms. The van der Waals surface area contributed by atoms with Crippen LogP contribution < -0.4 is 5.32 Å². The number of carboxylic acids is 1. The lowest BCUT2D eigenvalue weighted by Crippen LogP contribution is -2.04. The van der Waals surface area contributed by atoms with E-state index in [0.29, 0.717) is 22.6 Å². The van der Waals surface area contributed by atoms with Crippen molar-refractivity contribution in [2.75, 3.05) is 5.32 Å². The Morgan fingerprint density at radius 2 is 2.05 bits per heavy atom. The highest BCUT2D eigenvalue weighted by Crippen LogP contribution is 2.23. The summed E-state index contributed by atoms with van der Waals surface area (Å²) in [5.41, 5.74) is 2.34. The normalized spacial score (nSPS) is 10.3. The molecule has 0 bridgehead atoms. The van der Waals surface area contributed by atoms with E-state index in [1.807, 2.05) is 0 Å². The van der Waals surface area contributed by atoms with Crippen molar-refractivity contribution >= 4 is 17.3 Å². The van der Waals surface area contributed by atoms with Crippen LogP contribution in [0.4, 0.5) is 15.8 Å². The summed E-state index contributed by atoms with van der Waals surface area (Å²) < 4.78 is 13.2. The van der Waals surface area contributed by atoms with Crippen LogP contribution in [-0.2, 0) is 0 Å². The zero-order valence-corrected chi connectivity index (χ0v) is 10.6. The predicted molar refractivity (Wildman–Crippen MR) is 70.4 cm³/mol. The van der Waals surface area contributed by atoms with Crippen LogP contribution in [0, 0.1) is 19.7 Å². The minimum absolute atomic E-state index is 0.0765. The van der Waals surface area contributed by atoms with Gasteiger partial charge in [-0.3, -0.25) is 4.98 Å². The number of aryl methyl sites for hydroxylation is 2. The Morgan fingerprint density at radius 3 is 2.68 bits per heavy atom. The van der Waals surface area contributed by atoms with Crippen LogP contribution in [-0.4, -0.2) is 16.1 Å². The van der Waals surface area contributed by atoms with E-state index in [9.17, 15) is 9.18 Å². The first-order chi connectivity index (χ1) is 8.97. The number of carboxylic acid groups (broad SMARTS) is 1. The Kier molecular flexibility index (Phi) is 3.46. The van der Waals surface area contributed by atoms with E-state index in [-0.39, 0.29) is 11.4 Å². The van der Waals surface area contributed by atoms with Crippen molar-refractivity contribution in [1.29, 1.82) is 0 Å². The number of hydrogen-bond acceptors (Lipinski definition) is 3. The van der Waals surface area contributed by atoms with E-state index in [1.165, 1.54) is 12.3 Å². The standard InChI is InChI=1S/C14H13FN2O2/c1-8-5-10(3-4-12(8)15)17-13-6-9(2)16-7-11(13)14(18)19/h3-7H,1-2H3,(H,16,17)(H,18,19). The minimum Gasteiger partial charge on any atom is -0.478 e. The van der Waals surface area contributed by atoms with Crippen LogP contribution >= 0.6 is 0 Å². The average Bonchev–Trinajstić information content (AvgIpc) is 2.33. The number of rotatable bonds is 3. The lowest BCUT2D eigenvalue weighted by atomic mass is 10.1. The van der Waals surface area contributed by atoms with Gasteiger partial charge in [-0.1, -0.05) is 0 Å². The van der Waals surface area contributed by atoms with E-state index < -0.39 is 5.97 Å². The number of halogens is 1. The molecule has 0 saturated carbocycles. The van der Waals surface area contributed by atoms with Crippen LogP contribution in [0.5, 0.6) is 0 Å². The van der Waals surface area contributed by atoms with Gasteiger partial charge in [0.25, 0.3) is 0 Å². The van der Waals surface area contributed by atoms with Gasteiger partial charge in [0.05, 0.1) is 5.69 Å². The minimum atomic E-state index is -1.06. The van der Waals surface area contributed by atoms with Gasteiger partial charge in [-0.05, 0) is 43.7 Å². The molecule has 0 aliphatic carbocycles. The van der Waals surface area contributed by atoms with Gasteiger partial charge in [-0.2, -0.15) is 0 Å². The van der Waals surface area contributed by atoms with Crippen molar-refractivity contribution in [3.05, 3.63) is 53.1 Å². The molecule has 0 aliphatic heterocycles. The molecule has 0 spiro atoms. The van der Waals surface area contributed by atoms with Crippen molar-refractivity contribution in [2.45, 2.75) is 13.8 Å². The number of aromatic nitrogens is 1. The Bertz CT molecular complexity index is 641. The summed E-state index contributed by atoms with van der Waals surface area (Å²) in [5.74, 6) is -1.36. The van der Waals surface area contributed by atoms with Crippen LogP contribution in [0.25, 0.3) is 0 Å². The number of pyridine rings is 1. The molecular formula is C14H13FN2O2. The largest absolute Gasteiger partial charge is 0.478 e. The van der Waals surface area contributed by atoms with Gasteiger partial charge in [0, 0.05) is 17.6 Å². The third-order valence-corrected chi connectivity index (χ3v) is 2.71. The zero-order valence-electron chi connectivity index (χ0n) is 10.6. The molecule has 0 saturated heterocycles. The molecule has 0 fully saturated rings. The highest BCUT2D eigenvalue weighted by molar-refractivity contribution is 5.94. The van der Waals surface area contributed by atoms with Gasteiger partial charge in [-0.25, -0.2) is 9.18 Å². The molecule has 0 unspecified atom stereocenters. The summed E-state index contributed by atoms with van der Waals surface area (Å²) in [4.78, 5) is 15.1. The molecule has 5 heteroatoms. The van der Waals surface area contributed by atoms with Crippen LogP contribution in [0.1, 0.15) is 21.6 Å². The molecule has 2 aromatic rings. The number of nitrogens with zero attached hydrogens (tertiary/aromatic N) is 1. The molecule has 0 atom stereocenters. The van der Waals surface area contributed by atoms with Gasteiger partial charge in [0.2, 0.25) is 0 Å². The lowest BCUT2D eigenvalue weighted by molar-refractivity contribution is 0.0697. The number of anilines is 2. The maximum Gasteiger partial charge on any atom is 0.339 e. The molecule has 1 heterocycles. The van der Waals surface area contributed by atoms with Gasteiger partial charge in [-0.15, -0.1) is 0 Å². The summed E-state index contributed by atoms with van der Waals surface area (Å²) in [5, 5.41) is 12.1. The number of benzene rings is 1. The molecule has 2 N–H and O–H groups in total. The molecule has 1 aromatic carbocycles. The molecule has 4 nitrogen and oxygen atoms in total. The zero-order chi connectivity index (χ0) is 14.0. The van der Waals surface area contributed by atoms with Gasteiger partial charge in [0.1, 0.15) is 11.4 Å². The Morgan fingerprint density at radius 1 is 1.32 bits per heavy atom. The van der Waals surface area contributed by atoms with E-state index in [2.05, 4.69) is 10.3 Å². The van der Waals surface area contributed by atoms with Gasteiger partial charge >= 0.3 is 5.97 Å². The smallest absolute Gasteiger partial charge is 0.339 e. The second kappa shape index (κ2) is 5.06. The average molecular weight is 260 g/mol. The van der Waals surface area contributed by atoms with E-state index in [0.717, 1.165) is 0 Å². The van der Waals surface area contributed by atoms with Gasteiger partial charge in [0.15, 0.2) is 0 Å². The maximum absolute atomic E-state index is 13.2. The fourth-order valence-corrected chi connectivity index (χ4v) is 1.71. The molecule has 1 aromatic heterocycles. The summed E-state index contributed by atoms with van der Waals surface area (Å²) >= 11 is 0. The second-order valence-electron chi connectivity index (χ2n) is 4.27. The van der Waals surface area contributed by atoms with E-state index in [1.54, 1.807) is 32.0 Å². The molecule has 0 aliphatic rings. The maximum atomic E-state index is 13.2. The third-order valence-electron chi connectivity index (χ3n) is 2.71. The van der Waals surface area contributed by atoms with Crippen LogP contribution in [0.15, 0.2) is 30.5 Å². The molecule has 0 amide bonds. The lowest BCUT2D eigenvalue weighted by Gasteiger charge is -2.11. The van der Waals surface area contributed by atoms with Gasteiger partial charge < -0.3 is 10.4 Å². The molecule has 0 radical (unpaired) electrons. The number of hydrogen-bond donors (Lipinski definition) is 2. The Labute approximate surface area is 109 Å². The summed E-state index contributed by atoms with van der Waals surface area (Å²) in [6, 6.07) is 6.16. The predicted octanol–water partition coefficient (Wildman–Crippen LogP) is 3.28. The van der Waals surface area contributed by atoms with Crippen molar-refractivity contribution in [2.24, 2.45) is 0 Å². The highest BCUT2D eigenvalue weighted by Gasteiger charge is 2.11. The number of nitrogens with one attached hydrogen (secondary N) is 1. The summed E-state index contributed by atoms with van der Waals surface area (Å²) in [6.07, 6.45) is 1.30. The monoisotopic (exact) mass is 260 g/mol. The first kappa shape index (κ1) is 13.0. The SMILES string of the molecule is Cc1cc(Nc2ccc(F)c(C)c2)c(C(=O)O)cn1. The van der Waals surface area contributed by atoms with Crippen LogP contribution in [0.3, 0.4) is 0 Å². The van der Waals surface area contributed by atoms with E-state index in [4.69, 9.17) is 5.11 Å². The van der Waals surface area contributed by atoms with Crippen LogP contribution in [0.2, 0.25) is 0 Å². The Balaban J connectivity index is 2.39. The molecule has 98 valence electrons. The highest BCUT2D eigenvalue weighted by atomic mass is 19.1. The second-order valence-corrected chi connectivity index (χ2v) is 4.27. The molecular weight excluding hydrogens is 247 g/mol. The fraction of sp³-hybridized carbons (Fsp3) is 0.143. The molecule has 2 rings (SSSR count). The first-order valence-electron chi connectivity index (χ1n) is 5.70. The number of carbonyl (C=O) groups is 1. The quantitative estimate of drug-likeness (QED) is 0.889. The number of aromatic carboxylic acids is 1. The van der Waals surface area contributed by atoms with Crippen molar-refractivity contribution in [3.63, 3.8) is 0 Å². The first-order valence-corrected chi connectivity index (χ1v) is 5.70. The third kappa shape index (κ3) is 2.88. The van der Waals surface area contributed by atoms with E-state index >= 15 is 0 Å². The van der Waals surface area contributed by atoms with Crippen molar-refractivity contribution < 1.29 is 14.3 Å². The topological polar surface area (TPSA) is 62.2 Å². The summed E-state index contributed by atoms with van der Waals surface area (Å²) in [7, 11) is 0. The summed E-state index contributed by atoms with van der Waals surface area (Å²) in [6.45, 7) is 3.42. The van der Waals surface area contributed by atoms with Crippen molar-refractivity contribution in [1.82, 2.24) is 4.98 Å². The Hall–Kier alpha value is -2.43. The van der Waals surface area contributed by atoms with Crippen molar-refractivity contribution in [3.8, 4) is 0 Å².